The van der Waals surface area contributed by atoms with Gasteiger partial charge in [-0.25, -0.2) is 0 Å². The average Bonchev–Trinajstić information content (AvgIpc) is 2.59. The minimum Gasteiger partial charge on any atom is -0.506 e. The van der Waals surface area contributed by atoms with Crippen molar-refractivity contribution in [1.82, 2.24) is 0 Å². The molecule has 0 amide bonds. The van der Waals surface area contributed by atoms with Gasteiger partial charge in [0.05, 0.1) is 22.5 Å². The molecule has 2 rings (SSSR count). The van der Waals surface area contributed by atoms with Gasteiger partial charge in [-0.05, 0) is 23.3 Å². The van der Waals surface area contributed by atoms with Crippen molar-refractivity contribution in [2.75, 3.05) is 11.5 Å². The van der Waals surface area contributed by atoms with Gasteiger partial charge in [-0.15, -0.1) is 12.8 Å². The second kappa shape index (κ2) is 6.74. The lowest BCUT2D eigenvalue weighted by molar-refractivity contribution is -0.288. The summed E-state index contributed by atoms with van der Waals surface area (Å²) in [7, 11) is 0. The number of phenols is 2. The predicted octanol–water partition coefficient (Wildman–Crippen LogP) is 3.64. The van der Waals surface area contributed by atoms with Gasteiger partial charge < -0.3 is 21.7 Å². The van der Waals surface area contributed by atoms with Gasteiger partial charge in [0.15, 0.2) is 0 Å². The molecule has 10 heteroatoms. The maximum Gasteiger partial charge on any atom is 0.411 e. The van der Waals surface area contributed by atoms with Crippen LogP contribution in [0.4, 0.5) is 37.7 Å². The van der Waals surface area contributed by atoms with Gasteiger partial charge in [-0.2, -0.15) is 26.3 Å². The van der Waals surface area contributed by atoms with E-state index in [1.807, 2.05) is 0 Å². The Hall–Kier alpha value is -3.66. The first-order valence-corrected chi connectivity index (χ1v) is 7.56. The van der Waals surface area contributed by atoms with Crippen molar-refractivity contribution >= 4 is 11.4 Å². The quantitative estimate of drug-likeness (QED) is 0.261. The monoisotopic (exact) mass is 414 g/mol. The van der Waals surface area contributed by atoms with Gasteiger partial charge in [0.25, 0.3) is 0 Å². The van der Waals surface area contributed by atoms with E-state index in [2.05, 4.69) is 0 Å². The Morgan fingerprint density at radius 1 is 0.690 bits per heavy atom. The first-order chi connectivity index (χ1) is 13.3. The van der Waals surface area contributed by atoms with Crippen LogP contribution in [0.15, 0.2) is 24.3 Å². The van der Waals surface area contributed by atoms with Gasteiger partial charge in [0.1, 0.15) is 11.5 Å². The predicted molar refractivity (Wildman–Crippen MR) is 93.8 cm³/mol. The number of hydrogen-bond donors (Lipinski definition) is 4. The van der Waals surface area contributed by atoms with Gasteiger partial charge in [-0.1, -0.05) is 24.0 Å². The van der Waals surface area contributed by atoms with Gasteiger partial charge >= 0.3 is 12.4 Å². The first kappa shape index (κ1) is 21.6. The average molecular weight is 414 g/mol. The number of nitrogen functional groups attached to an aromatic ring is 2. The molecule has 0 heterocycles. The molecule has 0 saturated heterocycles. The first-order valence-electron chi connectivity index (χ1n) is 7.56. The number of aromatic hydroxyl groups is 2. The van der Waals surface area contributed by atoms with E-state index in [1.54, 1.807) is 11.8 Å². The number of terminal acetylenes is 2. The summed E-state index contributed by atoms with van der Waals surface area (Å²) >= 11 is 0. The second-order valence-electron chi connectivity index (χ2n) is 5.88. The molecule has 6 N–H and O–H groups in total. The molecule has 2 aromatic carbocycles. The summed E-state index contributed by atoms with van der Waals surface area (Å²) in [6, 6.07) is 1.84. The molecular formula is C19H12F6N2O2. The Morgan fingerprint density at radius 2 is 1.00 bits per heavy atom. The third kappa shape index (κ3) is 2.93. The molecule has 0 bridgehead atoms. The fraction of sp³-hybridized carbons (Fsp3) is 0.158. The van der Waals surface area contributed by atoms with Crippen molar-refractivity contribution in [1.29, 1.82) is 0 Å². The largest absolute Gasteiger partial charge is 0.506 e. The number of halogens is 6. The van der Waals surface area contributed by atoms with Crippen molar-refractivity contribution in [2.45, 2.75) is 17.8 Å². The van der Waals surface area contributed by atoms with E-state index in [0.717, 1.165) is 0 Å². The van der Waals surface area contributed by atoms with Crippen LogP contribution >= 0.6 is 0 Å². The van der Waals surface area contributed by atoms with E-state index in [9.17, 15) is 36.6 Å². The Balaban J connectivity index is 3.25. The van der Waals surface area contributed by atoms with Crippen LogP contribution in [-0.2, 0) is 5.41 Å². The molecule has 0 atom stereocenters. The zero-order valence-corrected chi connectivity index (χ0v) is 14.3. The van der Waals surface area contributed by atoms with Crippen LogP contribution in [0.3, 0.4) is 0 Å². The van der Waals surface area contributed by atoms with Crippen LogP contribution in [-0.4, -0.2) is 22.6 Å². The van der Waals surface area contributed by atoms with Crippen molar-refractivity contribution in [3.8, 4) is 36.2 Å². The van der Waals surface area contributed by atoms with Crippen LogP contribution in [0.1, 0.15) is 22.3 Å². The highest BCUT2D eigenvalue weighted by molar-refractivity contribution is 5.73. The molecule has 4 nitrogen and oxygen atoms in total. The summed E-state index contributed by atoms with van der Waals surface area (Å²) in [5.74, 6) is 1.73. The highest BCUT2D eigenvalue weighted by atomic mass is 19.4. The number of hydrogen-bond acceptors (Lipinski definition) is 4. The number of benzene rings is 2. The normalized spacial score (nSPS) is 12.3. The van der Waals surface area contributed by atoms with E-state index in [-0.39, 0.29) is 0 Å². The molecule has 0 unspecified atom stereocenters. The fourth-order valence-electron chi connectivity index (χ4n) is 3.07. The summed E-state index contributed by atoms with van der Waals surface area (Å²) in [5, 5.41) is 19.2. The molecule has 0 saturated carbocycles. The van der Waals surface area contributed by atoms with E-state index >= 15 is 0 Å². The third-order valence-electron chi connectivity index (χ3n) is 4.39. The Morgan fingerprint density at radius 3 is 1.24 bits per heavy atom. The summed E-state index contributed by atoms with van der Waals surface area (Å²) in [6.45, 7) is 0. The van der Waals surface area contributed by atoms with Crippen molar-refractivity contribution < 1.29 is 36.6 Å². The maximum absolute atomic E-state index is 14.3. The Bertz CT molecular complexity index is 973. The smallest absolute Gasteiger partial charge is 0.411 e. The lowest BCUT2D eigenvalue weighted by Crippen LogP contribution is -2.55. The highest BCUT2D eigenvalue weighted by Gasteiger charge is 2.74. The van der Waals surface area contributed by atoms with Crippen LogP contribution in [0, 0.1) is 24.7 Å². The molecule has 0 fully saturated rings. The molecule has 152 valence electrons. The van der Waals surface area contributed by atoms with Crippen LogP contribution in [0.25, 0.3) is 0 Å². The van der Waals surface area contributed by atoms with E-state index in [0.29, 0.717) is 24.3 Å². The summed E-state index contributed by atoms with van der Waals surface area (Å²) < 4.78 is 85.7. The van der Waals surface area contributed by atoms with Crippen LogP contribution < -0.4 is 11.5 Å². The summed E-state index contributed by atoms with van der Waals surface area (Å²) in [4.78, 5) is 0. The summed E-state index contributed by atoms with van der Waals surface area (Å²) in [5.41, 5.74) is -0.550. The molecule has 0 aromatic heterocycles. The molecule has 0 spiro atoms. The van der Waals surface area contributed by atoms with Crippen molar-refractivity contribution in [3.63, 3.8) is 0 Å². The minimum absolute atomic E-state index is 0.366. The van der Waals surface area contributed by atoms with E-state index in [1.165, 1.54) is 0 Å². The number of phenolic OH excluding ortho intramolecular Hbond substituents is 2. The molecule has 0 radical (unpaired) electrons. The lowest BCUT2D eigenvalue weighted by Gasteiger charge is -2.39. The number of alkyl halides is 6. The zero-order chi connectivity index (χ0) is 22.4. The Kier molecular flexibility index (Phi) is 5.03. The van der Waals surface area contributed by atoms with Crippen LogP contribution in [0.5, 0.6) is 11.5 Å². The SMILES string of the molecule is C#Cc1c(C(c2ccc(O)c(N)c2C#C)(C(F)(F)F)C(F)(F)F)ccc(O)c1N. The number of nitrogens with two attached hydrogens (primary N) is 2. The number of anilines is 2. The molecule has 0 aliphatic heterocycles. The zero-order valence-electron chi connectivity index (χ0n) is 14.3. The molecule has 0 aliphatic rings. The van der Waals surface area contributed by atoms with E-state index < -0.39 is 62.9 Å². The number of rotatable bonds is 2. The standard InChI is InChI=1S/C19H12F6N2O2/c1-3-9-11(5-7-13(28)15(9)26)17(18(20,21)22,19(23,24)25)12-6-8-14(29)16(27)10(12)4-2/h1-2,5-8,28-29H,26-27H2. The van der Waals surface area contributed by atoms with Gasteiger partial charge in [-0.3, -0.25) is 0 Å². The highest BCUT2D eigenvalue weighted by Crippen LogP contribution is 2.59. The molecule has 2 aromatic rings. The lowest BCUT2D eigenvalue weighted by atomic mass is 9.69. The molecular weight excluding hydrogens is 402 g/mol. The third-order valence-corrected chi connectivity index (χ3v) is 4.39. The van der Waals surface area contributed by atoms with Crippen LogP contribution in [0.2, 0.25) is 0 Å². The van der Waals surface area contributed by atoms with E-state index in [4.69, 9.17) is 24.3 Å². The molecule has 29 heavy (non-hydrogen) atoms. The van der Waals surface area contributed by atoms with Gasteiger partial charge in [0, 0.05) is 0 Å². The van der Waals surface area contributed by atoms with Crippen molar-refractivity contribution in [2.24, 2.45) is 0 Å². The molecule has 0 aliphatic carbocycles. The minimum atomic E-state index is -6.03. The fourth-order valence-corrected chi connectivity index (χ4v) is 3.07. The van der Waals surface area contributed by atoms with Gasteiger partial charge in [0.2, 0.25) is 5.41 Å². The Labute approximate surface area is 160 Å². The topological polar surface area (TPSA) is 92.5 Å². The second-order valence-corrected chi connectivity index (χ2v) is 5.88. The maximum atomic E-state index is 14.3. The van der Waals surface area contributed by atoms with Crippen molar-refractivity contribution in [3.05, 3.63) is 46.5 Å². The summed E-state index contributed by atoms with van der Waals surface area (Å²) in [6.07, 6.45) is -1.81.